The zero-order valence-electron chi connectivity index (χ0n) is 19.7. The van der Waals surface area contributed by atoms with Gasteiger partial charge in [0.25, 0.3) is 0 Å². The van der Waals surface area contributed by atoms with Crippen molar-refractivity contribution in [2.75, 3.05) is 39.3 Å². The zero-order valence-corrected chi connectivity index (χ0v) is 22.1. The first-order chi connectivity index (χ1) is 16.2. The van der Waals surface area contributed by atoms with Crippen molar-refractivity contribution in [1.29, 1.82) is 0 Å². The summed E-state index contributed by atoms with van der Waals surface area (Å²) in [5.41, 5.74) is 3.28. The highest BCUT2D eigenvalue weighted by Crippen LogP contribution is 2.30. The molecule has 9 nitrogen and oxygen atoms in total. The van der Waals surface area contributed by atoms with E-state index in [1.807, 2.05) is 18.2 Å². The van der Waals surface area contributed by atoms with Gasteiger partial charge >= 0.3 is 0 Å². The molecular weight excluding hydrogens is 545 g/mol. The van der Waals surface area contributed by atoms with Crippen LogP contribution in [-0.4, -0.2) is 61.5 Å². The van der Waals surface area contributed by atoms with Crippen molar-refractivity contribution in [3.8, 4) is 22.9 Å². The van der Waals surface area contributed by atoms with Gasteiger partial charge in [-0.05, 0) is 24.5 Å². The van der Waals surface area contributed by atoms with E-state index in [2.05, 4.69) is 60.0 Å². The number of hydrogen-bond acceptors (Lipinski definition) is 6. The summed E-state index contributed by atoms with van der Waals surface area (Å²) in [5, 5.41) is 13.8. The number of guanidine groups is 1. The fourth-order valence-corrected chi connectivity index (χ4v) is 4.00. The molecule has 1 aromatic heterocycles. The summed E-state index contributed by atoms with van der Waals surface area (Å²) in [7, 11) is 5.16. The molecule has 1 saturated heterocycles. The van der Waals surface area contributed by atoms with Crippen LogP contribution in [0.25, 0.3) is 11.4 Å². The van der Waals surface area contributed by atoms with Crippen molar-refractivity contribution in [1.82, 2.24) is 25.8 Å². The zero-order chi connectivity index (χ0) is 23.0. The minimum atomic E-state index is 0. The highest BCUT2D eigenvalue weighted by atomic mass is 127. The number of halogens is 1. The molecule has 0 spiro atoms. The molecule has 3 aromatic rings. The Morgan fingerprint density at radius 3 is 2.47 bits per heavy atom. The molecule has 0 saturated carbocycles. The second-order valence-corrected chi connectivity index (χ2v) is 7.94. The number of ether oxygens (including phenoxy) is 2. The van der Waals surface area contributed by atoms with Crippen LogP contribution < -0.4 is 25.0 Å². The Hall–Kier alpha value is -3.02. The molecule has 10 heteroatoms. The molecule has 0 atom stereocenters. The number of aliphatic imine (C=N–C) groups is 1. The lowest BCUT2D eigenvalue weighted by atomic mass is 10.0. The Labute approximate surface area is 217 Å². The van der Waals surface area contributed by atoms with Gasteiger partial charge in [-0.2, -0.15) is 5.10 Å². The van der Waals surface area contributed by atoms with Crippen LogP contribution in [0.3, 0.4) is 0 Å². The molecule has 3 N–H and O–H groups in total. The van der Waals surface area contributed by atoms with Gasteiger partial charge in [-0.25, -0.2) is 4.98 Å². The Morgan fingerprint density at radius 2 is 1.85 bits per heavy atom. The predicted octanol–water partition coefficient (Wildman–Crippen LogP) is 3.44. The highest BCUT2D eigenvalue weighted by molar-refractivity contribution is 14.0. The summed E-state index contributed by atoms with van der Waals surface area (Å²) in [6.07, 6.45) is 3.55. The summed E-state index contributed by atoms with van der Waals surface area (Å²) < 4.78 is 10.8. The highest BCUT2D eigenvalue weighted by Gasteiger charge is 2.21. The number of anilines is 1. The fourth-order valence-electron chi connectivity index (χ4n) is 4.00. The number of nitrogens with one attached hydrogen (secondary N) is 3. The van der Waals surface area contributed by atoms with E-state index in [0.717, 1.165) is 66.0 Å². The van der Waals surface area contributed by atoms with Crippen LogP contribution in [-0.2, 0) is 6.54 Å². The molecule has 1 aliphatic heterocycles. The third kappa shape index (κ3) is 6.52. The van der Waals surface area contributed by atoms with E-state index in [-0.39, 0.29) is 24.0 Å². The number of hydrogen-bond donors (Lipinski definition) is 3. The van der Waals surface area contributed by atoms with Crippen LogP contribution >= 0.6 is 24.0 Å². The van der Waals surface area contributed by atoms with E-state index in [1.54, 1.807) is 21.3 Å². The largest absolute Gasteiger partial charge is 0.497 e. The van der Waals surface area contributed by atoms with Crippen molar-refractivity contribution in [3.05, 3.63) is 54.4 Å². The number of nitrogens with zero attached hydrogens (tertiary/aromatic N) is 4. The Kier molecular flexibility index (Phi) is 9.37. The van der Waals surface area contributed by atoms with Gasteiger partial charge in [-0.15, -0.1) is 24.0 Å². The van der Waals surface area contributed by atoms with Gasteiger partial charge in [-0.3, -0.25) is 10.1 Å². The van der Waals surface area contributed by atoms with E-state index in [0.29, 0.717) is 12.6 Å². The molecule has 0 unspecified atom stereocenters. The molecular formula is C24H32IN7O2. The molecule has 34 heavy (non-hydrogen) atoms. The Bertz CT molecular complexity index is 1040. The van der Waals surface area contributed by atoms with Crippen LogP contribution in [0.1, 0.15) is 18.4 Å². The lowest BCUT2D eigenvalue weighted by molar-refractivity contribution is 0.393. The topological polar surface area (TPSA) is 99.7 Å². The average molecular weight is 577 g/mol. The van der Waals surface area contributed by atoms with E-state index in [4.69, 9.17) is 9.47 Å². The summed E-state index contributed by atoms with van der Waals surface area (Å²) in [6, 6.07) is 14.6. The molecule has 4 rings (SSSR count). The maximum atomic E-state index is 5.42. The summed E-state index contributed by atoms with van der Waals surface area (Å²) >= 11 is 0. The molecule has 1 fully saturated rings. The minimum absolute atomic E-state index is 0. The first-order valence-corrected chi connectivity index (χ1v) is 11.1. The quantitative estimate of drug-likeness (QED) is 0.225. The van der Waals surface area contributed by atoms with Gasteiger partial charge in [-0.1, -0.05) is 18.2 Å². The summed E-state index contributed by atoms with van der Waals surface area (Å²) in [6.45, 7) is 2.57. The van der Waals surface area contributed by atoms with Gasteiger partial charge in [0.05, 0.1) is 14.2 Å². The molecule has 2 aromatic carbocycles. The van der Waals surface area contributed by atoms with Crippen molar-refractivity contribution >= 4 is 35.6 Å². The molecule has 0 radical (unpaired) electrons. The van der Waals surface area contributed by atoms with Crippen molar-refractivity contribution in [3.63, 3.8) is 0 Å². The van der Waals surface area contributed by atoms with Gasteiger partial charge in [0.1, 0.15) is 17.8 Å². The minimum Gasteiger partial charge on any atom is -0.497 e. The average Bonchev–Trinajstić information content (AvgIpc) is 3.42. The Balaban J connectivity index is 0.00000324. The molecule has 0 aliphatic carbocycles. The van der Waals surface area contributed by atoms with Crippen LogP contribution in [0, 0.1) is 0 Å². The summed E-state index contributed by atoms with van der Waals surface area (Å²) in [4.78, 5) is 11.0. The molecule has 2 heterocycles. The monoisotopic (exact) mass is 577 g/mol. The SMILES string of the molecule is CN=C(NCc1cccc(-c2ncn[nH]2)c1)NC1CCN(c2cc(OC)cc(OC)c2)CC1.I. The normalized spacial score (nSPS) is 14.3. The van der Waals surface area contributed by atoms with Crippen molar-refractivity contribution < 1.29 is 9.47 Å². The number of rotatable bonds is 7. The van der Waals surface area contributed by atoms with Gasteiger partial charge in [0.2, 0.25) is 0 Å². The van der Waals surface area contributed by atoms with Crippen molar-refractivity contribution in [2.45, 2.75) is 25.4 Å². The predicted molar refractivity (Wildman–Crippen MR) is 145 cm³/mol. The maximum absolute atomic E-state index is 5.42. The lowest BCUT2D eigenvalue weighted by Gasteiger charge is -2.34. The van der Waals surface area contributed by atoms with E-state index in [9.17, 15) is 0 Å². The summed E-state index contributed by atoms with van der Waals surface area (Å²) in [5.74, 6) is 3.18. The van der Waals surface area contributed by atoms with Crippen LogP contribution in [0.2, 0.25) is 0 Å². The van der Waals surface area contributed by atoms with Crippen LogP contribution in [0.4, 0.5) is 5.69 Å². The van der Waals surface area contributed by atoms with Gasteiger partial charge in [0, 0.05) is 62.2 Å². The molecule has 1 aliphatic rings. The smallest absolute Gasteiger partial charge is 0.191 e. The Morgan fingerprint density at radius 1 is 1.12 bits per heavy atom. The van der Waals surface area contributed by atoms with E-state index >= 15 is 0 Å². The van der Waals surface area contributed by atoms with Crippen LogP contribution in [0.15, 0.2) is 53.8 Å². The number of H-pyrrole nitrogens is 1. The second-order valence-electron chi connectivity index (χ2n) is 7.94. The van der Waals surface area contributed by atoms with Crippen LogP contribution in [0.5, 0.6) is 11.5 Å². The van der Waals surface area contributed by atoms with E-state index in [1.165, 1.54) is 6.33 Å². The lowest BCUT2D eigenvalue weighted by Crippen LogP contribution is -2.48. The van der Waals surface area contributed by atoms with Gasteiger partial charge in [0.15, 0.2) is 11.8 Å². The molecule has 182 valence electrons. The second kappa shape index (κ2) is 12.4. The standard InChI is InChI=1S/C24H31N7O2.HI/c1-25-24(26-15-17-5-4-6-18(11-17)23-27-16-28-30-23)29-19-7-9-31(10-8-19)20-12-21(32-2)14-22(13-20)33-3;/h4-6,11-14,16,19H,7-10,15H2,1-3H3,(H2,25,26,29)(H,27,28,30);1H. The van der Waals surface area contributed by atoms with Gasteiger partial charge < -0.3 is 25.0 Å². The number of aromatic amines is 1. The third-order valence-electron chi connectivity index (χ3n) is 5.84. The number of methoxy groups -OCH3 is 2. The first kappa shape index (κ1) is 25.6. The number of piperidine rings is 1. The number of benzene rings is 2. The fraction of sp³-hybridized carbons (Fsp3) is 0.375. The first-order valence-electron chi connectivity index (χ1n) is 11.1. The van der Waals surface area contributed by atoms with E-state index < -0.39 is 0 Å². The number of aromatic nitrogens is 3. The third-order valence-corrected chi connectivity index (χ3v) is 5.84. The molecule has 0 bridgehead atoms. The maximum Gasteiger partial charge on any atom is 0.191 e. The van der Waals surface area contributed by atoms with Crippen molar-refractivity contribution in [2.24, 2.45) is 4.99 Å². The molecule has 0 amide bonds.